The number of carboxylic acids is 1. The topological polar surface area (TPSA) is 96.7 Å². The van der Waals surface area contributed by atoms with Gasteiger partial charge in [0.1, 0.15) is 22.7 Å². The van der Waals surface area contributed by atoms with E-state index in [4.69, 9.17) is 4.74 Å². The SMILES string of the molecule is CC[C@@]1(C(=O)O)CCc2c(sc3ncnc(Nc4cc5c(cc4OC)CN=C5)c23)C1. The van der Waals surface area contributed by atoms with Crippen molar-refractivity contribution in [3.05, 3.63) is 40.0 Å². The summed E-state index contributed by atoms with van der Waals surface area (Å²) in [6.45, 7) is 2.63. The lowest BCUT2D eigenvalue weighted by Gasteiger charge is -2.32. The smallest absolute Gasteiger partial charge is 0.309 e. The van der Waals surface area contributed by atoms with Crippen molar-refractivity contribution in [2.24, 2.45) is 10.4 Å². The number of ether oxygens (including phenoxy) is 1. The van der Waals surface area contributed by atoms with Crippen LogP contribution in [0.15, 0.2) is 23.5 Å². The van der Waals surface area contributed by atoms with Gasteiger partial charge in [0.25, 0.3) is 0 Å². The molecule has 3 aromatic rings. The molecule has 1 aliphatic heterocycles. The van der Waals surface area contributed by atoms with Gasteiger partial charge in [-0.25, -0.2) is 9.97 Å². The van der Waals surface area contributed by atoms with Gasteiger partial charge in [0.2, 0.25) is 0 Å². The highest BCUT2D eigenvalue weighted by Gasteiger charge is 2.41. The monoisotopic (exact) mass is 422 g/mol. The number of thiophene rings is 1. The van der Waals surface area contributed by atoms with E-state index in [2.05, 4.69) is 20.3 Å². The molecule has 3 heterocycles. The van der Waals surface area contributed by atoms with Crippen LogP contribution in [0.3, 0.4) is 0 Å². The van der Waals surface area contributed by atoms with Crippen LogP contribution in [0, 0.1) is 5.41 Å². The number of methoxy groups -OCH3 is 1. The van der Waals surface area contributed by atoms with E-state index in [1.54, 1.807) is 24.8 Å². The van der Waals surface area contributed by atoms with Gasteiger partial charge in [0, 0.05) is 11.1 Å². The number of nitrogens with one attached hydrogen (secondary N) is 1. The molecule has 30 heavy (non-hydrogen) atoms. The molecule has 0 fully saturated rings. The molecule has 2 N–H and O–H groups in total. The van der Waals surface area contributed by atoms with Crippen LogP contribution in [-0.4, -0.2) is 34.4 Å². The standard InChI is InChI=1S/C22H22N4O3S/c1-3-22(21(27)28)5-4-14-17(8-22)30-20-18(14)19(24-11-25-20)26-15-6-12-9-23-10-13(12)7-16(15)29-2/h6-7,9,11H,3-5,8,10H2,1-2H3,(H,27,28)(H,24,25,26)/t22-/m1/s1. The fourth-order valence-electron chi connectivity index (χ4n) is 4.47. The summed E-state index contributed by atoms with van der Waals surface area (Å²) in [6.07, 6.45) is 5.94. The van der Waals surface area contributed by atoms with Crippen molar-refractivity contribution in [1.82, 2.24) is 9.97 Å². The Morgan fingerprint density at radius 3 is 3.00 bits per heavy atom. The van der Waals surface area contributed by atoms with E-state index in [0.717, 1.165) is 43.5 Å². The first kappa shape index (κ1) is 19.0. The Balaban J connectivity index is 1.58. The Morgan fingerprint density at radius 2 is 2.23 bits per heavy atom. The summed E-state index contributed by atoms with van der Waals surface area (Å²) in [6, 6.07) is 4.04. The summed E-state index contributed by atoms with van der Waals surface area (Å²) >= 11 is 1.58. The normalized spacial score (nSPS) is 19.5. The molecular weight excluding hydrogens is 400 g/mol. The zero-order valence-corrected chi connectivity index (χ0v) is 17.7. The van der Waals surface area contributed by atoms with Gasteiger partial charge in [0.05, 0.1) is 30.1 Å². The second kappa shape index (κ2) is 7.05. The number of fused-ring (bicyclic) bond motifs is 4. The van der Waals surface area contributed by atoms with Gasteiger partial charge in [-0.05, 0) is 54.5 Å². The number of rotatable bonds is 5. The molecule has 2 aliphatic rings. The average molecular weight is 423 g/mol. The van der Waals surface area contributed by atoms with Crippen molar-refractivity contribution in [2.45, 2.75) is 39.2 Å². The zero-order chi connectivity index (χ0) is 20.9. The van der Waals surface area contributed by atoms with E-state index in [1.165, 1.54) is 5.56 Å². The molecular formula is C22H22N4O3S. The van der Waals surface area contributed by atoms with E-state index in [0.29, 0.717) is 32.2 Å². The van der Waals surface area contributed by atoms with Gasteiger partial charge in [-0.3, -0.25) is 9.79 Å². The second-order valence-corrected chi connectivity index (χ2v) is 8.95. The van der Waals surface area contributed by atoms with Gasteiger partial charge < -0.3 is 15.2 Å². The summed E-state index contributed by atoms with van der Waals surface area (Å²) < 4.78 is 5.59. The number of aryl methyl sites for hydroxylation is 1. The molecule has 0 saturated carbocycles. The Bertz CT molecular complexity index is 1200. The molecule has 1 aromatic carbocycles. The molecule has 2 aromatic heterocycles. The van der Waals surface area contributed by atoms with E-state index in [-0.39, 0.29) is 0 Å². The molecule has 0 bridgehead atoms. The third-order valence-electron chi connectivity index (χ3n) is 6.36. The maximum Gasteiger partial charge on any atom is 0.309 e. The van der Waals surface area contributed by atoms with Crippen LogP contribution >= 0.6 is 11.3 Å². The number of aliphatic carboxylic acids is 1. The minimum absolute atomic E-state index is 0.549. The molecule has 0 unspecified atom stereocenters. The summed E-state index contributed by atoms with van der Waals surface area (Å²) in [5, 5.41) is 14.2. The number of anilines is 2. The van der Waals surface area contributed by atoms with E-state index in [1.807, 2.05) is 25.3 Å². The summed E-state index contributed by atoms with van der Waals surface area (Å²) in [4.78, 5) is 27.3. The molecule has 1 atom stereocenters. The van der Waals surface area contributed by atoms with E-state index >= 15 is 0 Å². The van der Waals surface area contributed by atoms with Crippen LogP contribution in [0.4, 0.5) is 11.5 Å². The Labute approximate surface area is 177 Å². The van der Waals surface area contributed by atoms with Gasteiger partial charge >= 0.3 is 5.97 Å². The van der Waals surface area contributed by atoms with Crippen LogP contribution < -0.4 is 10.1 Å². The third kappa shape index (κ3) is 2.86. The molecule has 0 saturated heterocycles. The number of carbonyl (C=O) groups is 1. The highest BCUT2D eigenvalue weighted by atomic mass is 32.1. The minimum Gasteiger partial charge on any atom is -0.495 e. The van der Waals surface area contributed by atoms with Crippen LogP contribution in [0.1, 0.15) is 41.3 Å². The molecule has 154 valence electrons. The lowest BCUT2D eigenvalue weighted by atomic mass is 9.72. The quantitative estimate of drug-likeness (QED) is 0.635. The summed E-state index contributed by atoms with van der Waals surface area (Å²) in [5.41, 5.74) is 3.53. The van der Waals surface area contributed by atoms with Gasteiger partial charge in [-0.15, -0.1) is 11.3 Å². The highest BCUT2D eigenvalue weighted by Crippen LogP contribution is 2.46. The number of aromatic nitrogens is 2. The van der Waals surface area contributed by atoms with Gasteiger partial charge in [0.15, 0.2) is 0 Å². The Kier molecular flexibility index (Phi) is 4.47. The lowest BCUT2D eigenvalue weighted by molar-refractivity contribution is -0.149. The van der Waals surface area contributed by atoms with Crippen LogP contribution in [0.2, 0.25) is 0 Å². The highest BCUT2D eigenvalue weighted by molar-refractivity contribution is 7.19. The first-order chi connectivity index (χ1) is 14.5. The predicted molar refractivity (Wildman–Crippen MR) is 117 cm³/mol. The van der Waals surface area contributed by atoms with Crippen molar-refractivity contribution >= 4 is 45.2 Å². The number of carboxylic acid groups (broad SMARTS) is 1. The second-order valence-electron chi connectivity index (χ2n) is 7.87. The number of nitrogens with zero attached hydrogens (tertiary/aromatic N) is 3. The Morgan fingerprint density at radius 1 is 1.37 bits per heavy atom. The lowest BCUT2D eigenvalue weighted by Crippen LogP contribution is -2.35. The number of hydrogen-bond acceptors (Lipinski definition) is 7. The molecule has 5 rings (SSSR count). The molecule has 7 nitrogen and oxygen atoms in total. The first-order valence-corrected chi connectivity index (χ1v) is 10.8. The van der Waals surface area contributed by atoms with Gasteiger partial charge in [-0.1, -0.05) is 6.92 Å². The number of aliphatic imine (C=N–C) groups is 1. The number of hydrogen-bond donors (Lipinski definition) is 2. The van der Waals surface area contributed by atoms with Crippen LogP contribution in [0.25, 0.3) is 10.2 Å². The molecule has 1 aliphatic carbocycles. The first-order valence-electron chi connectivity index (χ1n) is 10.0. The average Bonchev–Trinajstić information content (AvgIpc) is 3.36. The van der Waals surface area contributed by atoms with Gasteiger partial charge in [-0.2, -0.15) is 0 Å². The molecule has 8 heteroatoms. The Hall–Kier alpha value is -3.00. The minimum atomic E-state index is -0.706. The zero-order valence-electron chi connectivity index (χ0n) is 16.9. The molecule has 0 radical (unpaired) electrons. The van der Waals surface area contributed by atoms with Crippen LogP contribution in [0.5, 0.6) is 5.75 Å². The summed E-state index contributed by atoms with van der Waals surface area (Å²) in [5.74, 6) is 0.762. The van der Waals surface area contributed by atoms with Crippen molar-refractivity contribution in [3.8, 4) is 5.75 Å². The fourth-order valence-corrected chi connectivity index (χ4v) is 5.80. The summed E-state index contributed by atoms with van der Waals surface area (Å²) in [7, 11) is 1.65. The maximum absolute atomic E-state index is 11.9. The van der Waals surface area contributed by atoms with E-state index < -0.39 is 11.4 Å². The molecule has 0 amide bonds. The van der Waals surface area contributed by atoms with Crippen molar-refractivity contribution in [3.63, 3.8) is 0 Å². The van der Waals surface area contributed by atoms with Crippen molar-refractivity contribution in [1.29, 1.82) is 0 Å². The van der Waals surface area contributed by atoms with Crippen LogP contribution in [-0.2, 0) is 24.2 Å². The molecule has 0 spiro atoms. The predicted octanol–water partition coefficient (Wildman–Crippen LogP) is 4.35. The fraction of sp³-hybridized carbons (Fsp3) is 0.364. The van der Waals surface area contributed by atoms with Crippen molar-refractivity contribution in [2.75, 3.05) is 12.4 Å². The van der Waals surface area contributed by atoms with Crippen molar-refractivity contribution < 1.29 is 14.6 Å². The third-order valence-corrected chi connectivity index (χ3v) is 7.50. The largest absolute Gasteiger partial charge is 0.495 e. The van der Waals surface area contributed by atoms with E-state index in [9.17, 15) is 9.90 Å². The maximum atomic E-state index is 11.9. The number of benzene rings is 1.